The molecule has 1 amide bonds. The Morgan fingerprint density at radius 3 is 2.65 bits per heavy atom. The number of nitro groups is 1. The van der Waals surface area contributed by atoms with E-state index in [2.05, 4.69) is 0 Å². The molecule has 0 atom stereocenters. The number of nitro benzene ring substituents is 1. The molecule has 1 N–H and O–H groups in total. The molecule has 3 rings (SSSR count). The molecule has 0 radical (unpaired) electrons. The quantitative estimate of drug-likeness (QED) is 0.200. The number of rotatable bonds is 6. The van der Waals surface area contributed by atoms with Crippen molar-refractivity contribution in [1.82, 2.24) is 0 Å². The molecule has 0 spiro atoms. The molecule has 1 aliphatic heterocycles. The Morgan fingerprint density at radius 1 is 1.26 bits per heavy atom. The molecule has 2 aromatic rings. The summed E-state index contributed by atoms with van der Waals surface area (Å²) in [7, 11) is 0. The highest BCUT2D eigenvalue weighted by Gasteiger charge is 2.36. The van der Waals surface area contributed by atoms with Gasteiger partial charge in [-0.1, -0.05) is 36.1 Å². The zero-order chi connectivity index (χ0) is 22.8. The number of halogens is 3. The molecule has 6 nitrogen and oxygen atoms in total. The van der Waals surface area contributed by atoms with Crippen LogP contribution in [0.1, 0.15) is 11.1 Å². The van der Waals surface area contributed by atoms with Gasteiger partial charge in [0.25, 0.3) is 11.6 Å². The van der Waals surface area contributed by atoms with Crippen LogP contribution in [0, 0.1) is 10.1 Å². The largest absolute Gasteiger partial charge is 0.416 e. The fourth-order valence-electron chi connectivity index (χ4n) is 2.71. The van der Waals surface area contributed by atoms with Crippen molar-refractivity contribution in [2.45, 2.75) is 11.1 Å². The van der Waals surface area contributed by atoms with Crippen molar-refractivity contribution < 1.29 is 28.0 Å². The van der Waals surface area contributed by atoms with Crippen LogP contribution in [0.4, 0.5) is 24.5 Å². The normalized spacial score (nSPS) is 15.7. The predicted octanol–water partition coefficient (Wildman–Crippen LogP) is 5.10. The molecule has 1 fully saturated rings. The van der Waals surface area contributed by atoms with Gasteiger partial charge in [-0.15, -0.1) is 11.8 Å². The summed E-state index contributed by atoms with van der Waals surface area (Å²) in [6.45, 7) is -0.137. The molecule has 0 saturated carbocycles. The lowest BCUT2D eigenvalue weighted by atomic mass is 10.1. The van der Waals surface area contributed by atoms with Gasteiger partial charge in [-0.25, -0.2) is 0 Å². The molecule has 1 heterocycles. The molecular weight excluding hydrogens is 473 g/mol. The van der Waals surface area contributed by atoms with E-state index in [4.69, 9.17) is 17.3 Å². The minimum absolute atomic E-state index is 0.0116. The van der Waals surface area contributed by atoms with Gasteiger partial charge in [-0.2, -0.15) is 13.2 Å². The molecule has 1 saturated heterocycles. The number of amides is 1. The highest BCUT2D eigenvalue weighted by molar-refractivity contribution is 8.27. The number of alkyl halides is 3. The Labute approximate surface area is 188 Å². The van der Waals surface area contributed by atoms with Crippen molar-refractivity contribution in [3.63, 3.8) is 0 Å². The van der Waals surface area contributed by atoms with Crippen LogP contribution < -0.4 is 4.90 Å². The highest BCUT2D eigenvalue weighted by atomic mass is 32.2. The van der Waals surface area contributed by atoms with Crippen LogP contribution in [0.5, 0.6) is 0 Å². The minimum Gasteiger partial charge on any atom is -0.396 e. The summed E-state index contributed by atoms with van der Waals surface area (Å²) in [6, 6.07) is 8.64. The third-order valence-corrected chi connectivity index (χ3v) is 6.40. The molecule has 0 aliphatic carbocycles. The number of nitrogens with zero attached hydrogens (tertiary/aromatic N) is 2. The summed E-state index contributed by atoms with van der Waals surface area (Å²) < 4.78 is 39.1. The van der Waals surface area contributed by atoms with E-state index in [0.717, 1.165) is 40.6 Å². The molecule has 0 unspecified atom stereocenters. The second-order valence-electron chi connectivity index (χ2n) is 6.12. The maximum absolute atomic E-state index is 13.0. The molecular formula is C19H13F3N2O4S3. The van der Waals surface area contributed by atoms with Crippen LogP contribution in [-0.4, -0.2) is 32.6 Å². The first-order valence-corrected chi connectivity index (χ1v) is 10.8. The second kappa shape index (κ2) is 9.39. The van der Waals surface area contributed by atoms with E-state index in [-0.39, 0.29) is 33.0 Å². The molecule has 1 aliphatic rings. The van der Waals surface area contributed by atoms with Crippen molar-refractivity contribution in [1.29, 1.82) is 0 Å². The first-order valence-electron chi connectivity index (χ1n) is 8.59. The average molecular weight is 487 g/mol. The first kappa shape index (κ1) is 23.3. The van der Waals surface area contributed by atoms with E-state index in [0.29, 0.717) is 10.5 Å². The van der Waals surface area contributed by atoms with Crippen LogP contribution in [0.15, 0.2) is 52.3 Å². The van der Waals surface area contributed by atoms with Crippen LogP contribution >= 0.6 is 35.7 Å². The van der Waals surface area contributed by atoms with Crippen molar-refractivity contribution in [3.05, 3.63) is 68.6 Å². The maximum Gasteiger partial charge on any atom is 0.416 e. The molecule has 31 heavy (non-hydrogen) atoms. The van der Waals surface area contributed by atoms with E-state index in [1.54, 1.807) is 6.07 Å². The average Bonchev–Trinajstić information content (AvgIpc) is 2.99. The maximum atomic E-state index is 13.0. The summed E-state index contributed by atoms with van der Waals surface area (Å²) in [4.78, 5) is 25.1. The third kappa shape index (κ3) is 5.26. The van der Waals surface area contributed by atoms with Crippen LogP contribution in [0.3, 0.4) is 0 Å². The highest BCUT2D eigenvalue weighted by Crippen LogP contribution is 2.39. The molecule has 12 heteroatoms. The van der Waals surface area contributed by atoms with Gasteiger partial charge in [0.2, 0.25) is 0 Å². The van der Waals surface area contributed by atoms with Crippen molar-refractivity contribution in [3.8, 4) is 0 Å². The lowest BCUT2D eigenvalue weighted by molar-refractivity contribution is -0.387. The van der Waals surface area contributed by atoms with Gasteiger partial charge in [0, 0.05) is 11.8 Å². The molecule has 2 aromatic carbocycles. The van der Waals surface area contributed by atoms with E-state index >= 15 is 0 Å². The Kier molecular flexibility index (Phi) is 7.04. The van der Waals surface area contributed by atoms with Gasteiger partial charge in [0.05, 0.1) is 32.6 Å². The summed E-state index contributed by atoms with van der Waals surface area (Å²) >= 11 is 7.20. The first-order chi connectivity index (χ1) is 14.6. The van der Waals surface area contributed by atoms with Crippen molar-refractivity contribution in [2.75, 3.05) is 17.3 Å². The number of benzene rings is 2. The van der Waals surface area contributed by atoms with Gasteiger partial charge in [-0.3, -0.25) is 19.8 Å². The third-order valence-electron chi connectivity index (χ3n) is 4.05. The van der Waals surface area contributed by atoms with Gasteiger partial charge < -0.3 is 5.11 Å². The second-order valence-corrected chi connectivity index (χ2v) is 8.93. The van der Waals surface area contributed by atoms with Crippen molar-refractivity contribution in [2.24, 2.45) is 0 Å². The standard InChI is InChI=1S/C19H13F3N2O4S3/c20-19(21,22)12-2-1-3-13(10-12)23-17(26)16(31-18(23)29)9-11-4-5-15(30-7-6-25)14(8-11)24(27)28/h1-5,8-10,25H,6-7H2. The number of anilines is 1. The van der Waals surface area contributed by atoms with E-state index < -0.39 is 22.6 Å². The lowest BCUT2D eigenvalue weighted by Gasteiger charge is -2.16. The summed E-state index contributed by atoms with van der Waals surface area (Å²) in [5.41, 5.74) is -0.734. The summed E-state index contributed by atoms with van der Waals surface area (Å²) in [5.74, 6) is -0.328. The van der Waals surface area contributed by atoms with E-state index in [1.807, 2.05) is 0 Å². The topological polar surface area (TPSA) is 83.7 Å². The van der Waals surface area contributed by atoms with Crippen LogP contribution in [-0.2, 0) is 11.0 Å². The zero-order valence-electron chi connectivity index (χ0n) is 15.5. The number of hydrogen-bond donors (Lipinski definition) is 1. The van der Waals surface area contributed by atoms with Crippen LogP contribution in [0.25, 0.3) is 6.08 Å². The number of aliphatic hydroxyl groups excluding tert-OH is 1. The van der Waals surface area contributed by atoms with E-state index in [9.17, 15) is 28.1 Å². The molecule has 0 bridgehead atoms. The number of aliphatic hydroxyl groups is 1. The Morgan fingerprint density at radius 2 is 2.00 bits per heavy atom. The van der Waals surface area contributed by atoms with Gasteiger partial charge in [0.1, 0.15) is 0 Å². The number of carbonyl (C=O) groups is 1. The SMILES string of the molecule is O=C1C(=Cc2ccc(SCCO)c([N+](=O)[O-])c2)SC(=S)N1c1cccc(C(F)(F)F)c1. The van der Waals surface area contributed by atoms with Gasteiger partial charge in [-0.05, 0) is 35.9 Å². The number of carbonyl (C=O) groups excluding carboxylic acids is 1. The number of thioether (sulfide) groups is 2. The Hall–Kier alpha value is -2.41. The summed E-state index contributed by atoms with van der Waals surface area (Å²) in [6.07, 6.45) is -3.17. The lowest BCUT2D eigenvalue weighted by Crippen LogP contribution is -2.27. The zero-order valence-corrected chi connectivity index (χ0v) is 17.9. The minimum atomic E-state index is -4.57. The smallest absolute Gasteiger partial charge is 0.396 e. The molecule has 0 aromatic heterocycles. The van der Waals surface area contributed by atoms with Crippen LogP contribution in [0.2, 0.25) is 0 Å². The number of thiocarbonyl (C=S) groups is 1. The Balaban J connectivity index is 1.92. The number of hydrogen-bond acceptors (Lipinski definition) is 7. The monoisotopic (exact) mass is 486 g/mol. The van der Waals surface area contributed by atoms with E-state index in [1.165, 1.54) is 30.3 Å². The van der Waals surface area contributed by atoms with Crippen molar-refractivity contribution >= 4 is 63.4 Å². The van der Waals surface area contributed by atoms with Gasteiger partial charge in [0.15, 0.2) is 4.32 Å². The predicted molar refractivity (Wildman–Crippen MR) is 118 cm³/mol. The van der Waals surface area contributed by atoms with Gasteiger partial charge >= 0.3 is 6.18 Å². The fourth-order valence-corrected chi connectivity index (χ4v) is 4.76. The summed E-state index contributed by atoms with van der Waals surface area (Å²) in [5, 5.41) is 20.3. The Bertz CT molecular complexity index is 1090. The molecule has 162 valence electrons. The fraction of sp³-hybridized carbons (Fsp3) is 0.158.